The van der Waals surface area contributed by atoms with Crippen molar-refractivity contribution in [1.82, 2.24) is 5.32 Å². The zero-order valence-electron chi connectivity index (χ0n) is 15.4. The van der Waals surface area contributed by atoms with Crippen LogP contribution in [0.1, 0.15) is 52.0 Å². The lowest BCUT2D eigenvalue weighted by atomic mass is 10.1. The van der Waals surface area contributed by atoms with Crippen LogP contribution in [0.3, 0.4) is 0 Å². The first-order chi connectivity index (χ1) is 11.6. The van der Waals surface area contributed by atoms with Gasteiger partial charge in [0.05, 0.1) is 13.7 Å². The molecule has 1 aromatic rings. The zero-order valence-corrected chi connectivity index (χ0v) is 15.4. The fourth-order valence-electron chi connectivity index (χ4n) is 2.30. The molecule has 0 bridgehead atoms. The predicted molar refractivity (Wildman–Crippen MR) is 98.5 cm³/mol. The van der Waals surface area contributed by atoms with Gasteiger partial charge in [-0.3, -0.25) is 4.79 Å². The number of amides is 1. The van der Waals surface area contributed by atoms with E-state index in [2.05, 4.69) is 31.3 Å². The van der Waals surface area contributed by atoms with Gasteiger partial charge in [0.25, 0.3) is 0 Å². The Morgan fingerprint density at radius 3 is 2.71 bits per heavy atom. The summed E-state index contributed by atoms with van der Waals surface area (Å²) in [5, 5.41) is 2.96. The number of ether oxygens (including phenoxy) is 2. The second-order valence-electron chi connectivity index (χ2n) is 6.11. The maximum absolute atomic E-state index is 11.9. The van der Waals surface area contributed by atoms with E-state index in [1.807, 2.05) is 25.1 Å². The molecule has 0 aliphatic heterocycles. The van der Waals surface area contributed by atoms with E-state index in [9.17, 15) is 4.79 Å². The number of hydrogen-bond donors (Lipinski definition) is 1. The summed E-state index contributed by atoms with van der Waals surface area (Å²) in [6.07, 6.45) is 7.99. The fourth-order valence-corrected chi connectivity index (χ4v) is 2.30. The van der Waals surface area contributed by atoms with Gasteiger partial charge in [0, 0.05) is 13.0 Å². The van der Waals surface area contributed by atoms with Crippen LogP contribution in [-0.2, 0) is 11.3 Å². The average molecular weight is 333 g/mol. The van der Waals surface area contributed by atoms with E-state index in [0.717, 1.165) is 30.6 Å². The SMILES string of the molecule is CCOc1ccc(CNC(=O)CCCC/C=C\C(C)C)cc1OC. The molecule has 4 heteroatoms. The third-order valence-electron chi connectivity index (χ3n) is 3.56. The van der Waals surface area contributed by atoms with E-state index in [1.54, 1.807) is 7.11 Å². The highest BCUT2D eigenvalue weighted by molar-refractivity contribution is 5.75. The first-order valence-electron chi connectivity index (χ1n) is 8.79. The van der Waals surface area contributed by atoms with Gasteiger partial charge in [0.1, 0.15) is 0 Å². The summed E-state index contributed by atoms with van der Waals surface area (Å²) in [5.74, 6) is 2.11. The van der Waals surface area contributed by atoms with Crippen LogP contribution in [0.5, 0.6) is 11.5 Å². The zero-order chi connectivity index (χ0) is 17.8. The van der Waals surface area contributed by atoms with Crippen molar-refractivity contribution in [3.63, 3.8) is 0 Å². The van der Waals surface area contributed by atoms with Crippen molar-refractivity contribution in [3.8, 4) is 11.5 Å². The number of hydrogen-bond acceptors (Lipinski definition) is 3. The van der Waals surface area contributed by atoms with Crippen LogP contribution in [-0.4, -0.2) is 19.6 Å². The summed E-state index contributed by atoms with van der Waals surface area (Å²) in [5.41, 5.74) is 1.00. The van der Waals surface area contributed by atoms with Gasteiger partial charge in [-0.2, -0.15) is 0 Å². The van der Waals surface area contributed by atoms with Crippen molar-refractivity contribution in [2.75, 3.05) is 13.7 Å². The number of benzene rings is 1. The van der Waals surface area contributed by atoms with Gasteiger partial charge >= 0.3 is 0 Å². The number of allylic oxidation sites excluding steroid dienone is 2. The minimum atomic E-state index is 0.0932. The van der Waals surface area contributed by atoms with Gasteiger partial charge in [-0.25, -0.2) is 0 Å². The van der Waals surface area contributed by atoms with E-state index in [0.29, 0.717) is 31.2 Å². The Morgan fingerprint density at radius 2 is 2.04 bits per heavy atom. The molecule has 134 valence electrons. The second-order valence-corrected chi connectivity index (χ2v) is 6.11. The van der Waals surface area contributed by atoms with Gasteiger partial charge in [0.2, 0.25) is 5.91 Å². The summed E-state index contributed by atoms with van der Waals surface area (Å²) in [4.78, 5) is 11.9. The maximum atomic E-state index is 11.9. The van der Waals surface area contributed by atoms with Gasteiger partial charge in [-0.1, -0.05) is 32.1 Å². The van der Waals surface area contributed by atoms with Crippen molar-refractivity contribution in [2.45, 2.75) is 53.0 Å². The van der Waals surface area contributed by atoms with Crippen LogP contribution in [0.15, 0.2) is 30.4 Å². The Hall–Kier alpha value is -1.97. The van der Waals surface area contributed by atoms with Crippen LogP contribution in [0.4, 0.5) is 0 Å². The van der Waals surface area contributed by atoms with Crippen LogP contribution < -0.4 is 14.8 Å². The minimum Gasteiger partial charge on any atom is -0.493 e. The highest BCUT2D eigenvalue weighted by Gasteiger charge is 2.06. The molecule has 1 aromatic carbocycles. The fraction of sp³-hybridized carbons (Fsp3) is 0.550. The Morgan fingerprint density at radius 1 is 1.25 bits per heavy atom. The summed E-state index contributed by atoms with van der Waals surface area (Å²) in [6, 6.07) is 5.73. The Labute approximate surface area is 146 Å². The molecule has 0 fully saturated rings. The molecule has 0 aliphatic rings. The Bertz CT molecular complexity index is 524. The smallest absolute Gasteiger partial charge is 0.220 e. The molecule has 1 N–H and O–H groups in total. The van der Waals surface area contributed by atoms with Crippen LogP contribution in [0, 0.1) is 5.92 Å². The van der Waals surface area contributed by atoms with Crippen LogP contribution >= 0.6 is 0 Å². The predicted octanol–water partition coefficient (Wildman–Crippen LogP) is 4.48. The number of methoxy groups -OCH3 is 1. The van der Waals surface area contributed by atoms with Crippen LogP contribution in [0.2, 0.25) is 0 Å². The highest BCUT2D eigenvalue weighted by Crippen LogP contribution is 2.27. The minimum absolute atomic E-state index is 0.0932. The number of rotatable bonds is 11. The summed E-state index contributed by atoms with van der Waals surface area (Å²) < 4.78 is 10.8. The molecule has 0 saturated heterocycles. The van der Waals surface area contributed by atoms with Crippen LogP contribution in [0.25, 0.3) is 0 Å². The molecule has 4 nitrogen and oxygen atoms in total. The molecule has 0 atom stereocenters. The second kappa shape index (κ2) is 11.5. The molecule has 24 heavy (non-hydrogen) atoms. The lowest BCUT2D eigenvalue weighted by Gasteiger charge is -2.11. The number of carbonyl (C=O) groups excluding carboxylic acids is 1. The Kier molecular flexibility index (Phi) is 9.66. The molecular weight excluding hydrogens is 302 g/mol. The van der Waals surface area contributed by atoms with E-state index < -0.39 is 0 Å². The first-order valence-corrected chi connectivity index (χ1v) is 8.79. The van der Waals surface area contributed by atoms with Crippen molar-refractivity contribution >= 4 is 5.91 Å². The lowest BCUT2D eigenvalue weighted by molar-refractivity contribution is -0.121. The van der Waals surface area contributed by atoms with Gasteiger partial charge in [-0.05, 0) is 49.8 Å². The number of carbonyl (C=O) groups is 1. The molecule has 0 heterocycles. The van der Waals surface area contributed by atoms with Gasteiger partial charge in [-0.15, -0.1) is 0 Å². The average Bonchev–Trinajstić information content (AvgIpc) is 2.57. The molecule has 1 amide bonds. The largest absolute Gasteiger partial charge is 0.493 e. The van der Waals surface area contributed by atoms with Gasteiger partial charge in [0.15, 0.2) is 11.5 Å². The molecule has 0 radical (unpaired) electrons. The Balaban J connectivity index is 2.31. The molecule has 0 saturated carbocycles. The topological polar surface area (TPSA) is 47.6 Å². The van der Waals surface area contributed by atoms with Crippen molar-refractivity contribution in [3.05, 3.63) is 35.9 Å². The molecule has 1 rings (SSSR count). The standard InChI is InChI=1S/C20H31NO3/c1-5-24-18-13-12-17(14-19(18)23-4)15-21-20(22)11-9-7-6-8-10-16(2)3/h8,10,12-14,16H,5-7,9,11,15H2,1-4H3,(H,21,22)/b10-8-. The lowest BCUT2D eigenvalue weighted by Crippen LogP contribution is -2.22. The van der Waals surface area contributed by atoms with E-state index in [4.69, 9.17) is 9.47 Å². The summed E-state index contributed by atoms with van der Waals surface area (Å²) in [6.45, 7) is 7.37. The monoisotopic (exact) mass is 333 g/mol. The quantitative estimate of drug-likeness (QED) is 0.480. The van der Waals surface area contributed by atoms with E-state index >= 15 is 0 Å². The molecule has 0 aliphatic carbocycles. The molecule has 0 unspecified atom stereocenters. The normalized spacial score (nSPS) is 11.0. The maximum Gasteiger partial charge on any atom is 0.220 e. The van der Waals surface area contributed by atoms with Crippen molar-refractivity contribution in [1.29, 1.82) is 0 Å². The van der Waals surface area contributed by atoms with Gasteiger partial charge < -0.3 is 14.8 Å². The third-order valence-corrected chi connectivity index (χ3v) is 3.56. The van der Waals surface area contributed by atoms with Crippen molar-refractivity contribution in [2.24, 2.45) is 5.92 Å². The molecular formula is C20H31NO3. The summed E-state index contributed by atoms with van der Waals surface area (Å²) >= 11 is 0. The molecule has 0 aromatic heterocycles. The summed E-state index contributed by atoms with van der Waals surface area (Å²) in [7, 11) is 1.62. The number of nitrogens with one attached hydrogen (secondary N) is 1. The highest BCUT2D eigenvalue weighted by atomic mass is 16.5. The molecule has 0 spiro atoms. The third kappa shape index (κ3) is 8.04. The van der Waals surface area contributed by atoms with E-state index in [1.165, 1.54) is 0 Å². The van der Waals surface area contributed by atoms with Crippen molar-refractivity contribution < 1.29 is 14.3 Å². The number of unbranched alkanes of at least 4 members (excludes halogenated alkanes) is 2. The van der Waals surface area contributed by atoms with E-state index in [-0.39, 0.29) is 5.91 Å². The first kappa shape index (κ1) is 20.1.